The highest BCUT2D eigenvalue weighted by atomic mass is 35.5. The molecule has 6 nitrogen and oxygen atoms in total. The molecule has 0 aromatic heterocycles. The van der Waals surface area contributed by atoms with Gasteiger partial charge in [-0.05, 0) is 73.9 Å². The number of anilines is 2. The molecule has 1 aliphatic heterocycles. The van der Waals surface area contributed by atoms with E-state index in [0.29, 0.717) is 16.3 Å². The summed E-state index contributed by atoms with van der Waals surface area (Å²) in [6.07, 6.45) is 3.08. The van der Waals surface area contributed by atoms with Crippen LogP contribution in [-0.2, 0) is 0 Å². The van der Waals surface area contributed by atoms with Crippen molar-refractivity contribution >= 4 is 40.6 Å². The molecule has 9 heteroatoms. The summed E-state index contributed by atoms with van der Waals surface area (Å²) >= 11 is 5.85. The summed E-state index contributed by atoms with van der Waals surface area (Å²) in [7, 11) is 0. The van der Waals surface area contributed by atoms with Crippen LogP contribution in [0.15, 0.2) is 60.7 Å². The zero-order valence-corrected chi connectivity index (χ0v) is 19.5. The predicted octanol–water partition coefficient (Wildman–Crippen LogP) is 5.93. The number of carbonyl (C=O) groups is 2. The summed E-state index contributed by atoms with van der Waals surface area (Å²) in [5.41, 5.74) is 0.447. The van der Waals surface area contributed by atoms with Crippen LogP contribution in [0, 0.1) is 17.0 Å². The molecular formula is C26H23ClF2N4O2. The number of halogens is 3. The smallest absolute Gasteiger partial charge is 0.258 e. The van der Waals surface area contributed by atoms with Gasteiger partial charge in [0.25, 0.3) is 11.8 Å². The number of rotatable bonds is 5. The maximum atomic E-state index is 14.8. The largest absolute Gasteiger partial charge is 0.357 e. The second-order valence-electron chi connectivity index (χ2n) is 8.20. The quantitative estimate of drug-likeness (QED) is 0.302. The topological polar surface area (TPSA) is 85.3 Å². The number of nitrogens with zero attached hydrogens (tertiary/aromatic N) is 1. The Kier molecular flexibility index (Phi) is 7.41. The lowest BCUT2D eigenvalue weighted by Gasteiger charge is -2.29. The van der Waals surface area contributed by atoms with E-state index in [1.54, 1.807) is 24.3 Å². The SMILES string of the molecule is N=C(c1ccc(C(=O)Nc2ccc(F)cc2C(=O)Nc2ccc(Cl)cc2)c(F)c1)N1CCCCC1. The fourth-order valence-electron chi connectivity index (χ4n) is 3.88. The molecule has 3 N–H and O–H groups in total. The van der Waals surface area contributed by atoms with Crippen molar-refractivity contribution in [2.45, 2.75) is 19.3 Å². The van der Waals surface area contributed by atoms with E-state index >= 15 is 0 Å². The molecule has 3 aromatic rings. The molecule has 180 valence electrons. The second-order valence-corrected chi connectivity index (χ2v) is 8.63. The number of amides is 2. The summed E-state index contributed by atoms with van der Waals surface area (Å²) in [5.74, 6) is -2.71. The van der Waals surface area contributed by atoms with Crippen LogP contribution in [0.2, 0.25) is 5.02 Å². The summed E-state index contributed by atoms with van der Waals surface area (Å²) in [5, 5.41) is 13.9. The van der Waals surface area contributed by atoms with Crippen LogP contribution in [-0.4, -0.2) is 35.6 Å². The van der Waals surface area contributed by atoms with Crippen LogP contribution in [0.25, 0.3) is 0 Å². The van der Waals surface area contributed by atoms with Crippen molar-refractivity contribution in [2.75, 3.05) is 23.7 Å². The van der Waals surface area contributed by atoms with Crippen molar-refractivity contribution in [3.05, 3.63) is 94.0 Å². The molecule has 1 heterocycles. The van der Waals surface area contributed by atoms with Crippen LogP contribution in [0.1, 0.15) is 45.5 Å². The Morgan fingerprint density at radius 1 is 0.829 bits per heavy atom. The van der Waals surface area contributed by atoms with Crippen LogP contribution < -0.4 is 10.6 Å². The van der Waals surface area contributed by atoms with Gasteiger partial charge in [0.2, 0.25) is 0 Å². The predicted molar refractivity (Wildman–Crippen MR) is 132 cm³/mol. The monoisotopic (exact) mass is 496 g/mol. The number of hydrogen-bond acceptors (Lipinski definition) is 3. The average Bonchev–Trinajstić information content (AvgIpc) is 2.86. The molecule has 0 unspecified atom stereocenters. The van der Waals surface area contributed by atoms with Gasteiger partial charge in [-0.1, -0.05) is 17.7 Å². The zero-order chi connectivity index (χ0) is 24.9. The average molecular weight is 497 g/mol. The molecule has 1 saturated heterocycles. The fraction of sp³-hybridized carbons (Fsp3) is 0.192. The zero-order valence-electron chi connectivity index (χ0n) is 18.7. The molecule has 0 bridgehead atoms. The van der Waals surface area contributed by atoms with Gasteiger partial charge in [-0.2, -0.15) is 0 Å². The van der Waals surface area contributed by atoms with E-state index in [9.17, 15) is 18.4 Å². The molecule has 1 fully saturated rings. The van der Waals surface area contributed by atoms with E-state index in [1.807, 2.05) is 4.90 Å². The number of piperidine rings is 1. The van der Waals surface area contributed by atoms with E-state index in [-0.39, 0.29) is 22.6 Å². The van der Waals surface area contributed by atoms with Crippen LogP contribution in [0.5, 0.6) is 0 Å². The van der Waals surface area contributed by atoms with Crippen LogP contribution in [0.4, 0.5) is 20.2 Å². The molecule has 0 saturated carbocycles. The molecule has 0 spiro atoms. The number of carbonyl (C=O) groups excluding carboxylic acids is 2. The Morgan fingerprint density at radius 3 is 2.20 bits per heavy atom. The lowest BCUT2D eigenvalue weighted by Crippen LogP contribution is -2.35. The minimum atomic E-state index is -0.800. The van der Waals surface area contributed by atoms with E-state index in [4.69, 9.17) is 17.0 Å². The van der Waals surface area contributed by atoms with Crippen LogP contribution >= 0.6 is 11.6 Å². The molecule has 35 heavy (non-hydrogen) atoms. The number of amidine groups is 1. The lowest BCUT2D eigenvalue weighted by atomic mass is 10.1. The van der Waals surface area contributed by atoms with E-state index in [1.165, 1.54) is 18.2 Å². The van der Waals surface area contributed by atoms with Gasteiger partial charge in [0.15, 0.2) is 0 Å². The Bertz CT molecular complexity index is 1270. The molecule has 1 aliphatic rings. The van der Waals surface area contributed by atoms with E-state index in [2.05, 4.69) is 10.6 Å². The Balaban J connectivity index is 1.52. The Labute approximate surface area is 206 Å². The number of hydrogen-bond donors (Lipinski definition) is 3. The van der Waals surface area contributed by atoms with Gasteiger partial charge >= 0.3 is 0 Å². The Hall–Kier alpha value is -3.78. The molecular weight excluding hydrogens is 474 g/mol. The third kappa shape index (κ3) is 5.84. The second kappa shape index (κ2) is 10.7. The van der Waals surface area contributed by atoms with Gasteiger partial charge in [0, 0.05) is 29.4 Å². The third-order valence-electron chi connectivity index (χ3n) is 5.74. The minimum Gasteiger partial charge on any atom is -0.357 e. The summed E-state index contributed by atoms with van der Waals surface area (Å²) < 4.78 is 28.8. The highest BCUT2D eigenvalue weighted by Crippen LogP contribution is 2.22. The van der Waals surface area contributed by atoms with E-state index < -0.39 is 23.4 Å². The normalized spacial score (nSPS) is 13.3. The molecule has 2 amide bonds. The van der Waals surface area contributed by atoms with Gasteiger partial charge in [0.05, 0.1) is 16.8 Å². The molecule has 0 radical (unpaired) electrons. The first-order valence-electron chi connectivity index (χ1n) is 11.1. The van der Waals surface area contributed by atoms with Gasteiger partial charge in [-0.15, -0.1) is 0 Å². The fourth-order valence-corrected chi connectivity index (χ4v) is 4.01. The highest BCUT2D eigenvalue weighted by Gasteiger charge is 2.20. The Morgan fingerprint density at radius 2 is 1.51 bits per heavy atom. The van der Waals surface area contributed by atoms with Gasteiger partial charge in [0.1, 0.15) is 17.5 Å². The van der Waals surface area contributed by atoms with Crippen molar-refractivity contribution in [1.29, 1.82) is 5.41 Å². The third-order valence-corrected chi connectivity index (χ3v) is 5.99. The van der Waals surface area contributed by atoms with Crippen molar-refractivity contribution < 1.29 is 18.4 Å². The van der Waals surface area contributed by atoms with Crippen molar-refractivity contribution in [3.8, 4) is 0 Å². The van der Waals surface area contributed by atoms with Crippen molar-refractivity contribution in [1.82, 2.24) is 4.90 Å². The van der Waals surface area contributed by atoms with Gasteiger partial charge < -0.3 is 15.5 Å². The maximum Gasteiger partial charge on any atom is 0.258 e. The first kappa shape index (κ1) is 24.3. The minimum absolute atomic E-state index is 0.0207. The van der Waals surface area contributed by atoms with Gasteiger partial charge in [-0.3, -0.25) is 15.0 Å². The van der Waals surface area contributed by atoms with Crippen LogP contribution in [0.3, 0.4) is 0 Å². The molecule has 4 rings (SSSR count). The van der Waals surface area contributed by atoms with Gasteiger partial charge in [-0.25, -0.2) is 8.78 Å². The molecule has 3 aromatic carbocycles. The van der Waals surface area contributed by atoms with E-state index in [0.717, 1.165) is 50.6 Å². The molecule has 0 atom stereocenters. The first-order chi connectivity index (χ1) is 16.8. The number of benzene rings is 3. The first-order valence-corrected chi connectivity index (χ1v) is 11.5. The maximum absolute atomic E-state index is 14.8. The summed E-state index contributed by atoms with van der Waals surface area (Å²) in [6, 6.07) is 13.6. The lowest BCUT2D eigenvalue weighted by molar-refractivity contribution is 0.102. The number of nitrogens with one attached hydrogen (secondary N) is 3. The van der Waals surface area contributed by atoms with Crippen molar-refractivity contribution in [2.24, 2.45) is 0 Å². The van der Waals surface area contributed by atoms with Crippen molar-refractivity contribution in [3.63, 3.8) is 0 Å². The molecule has 0 aliphatic carbocycles. The summed E-state index contributed by atoms with van der Waals surface area (Å²) in [6.45, 7) is 1.49. The number of likely N-dealkylation sites (tertiary alicyclic amines) is 1. The standard InChI is InChI=1S/C26H23ClF2N4O2/c27-17-5-8-19(9-6-17)31-26(35)21-15-18(28)7-11-23(21)32-25(34)20-10-4-16(14-22(20)29)24(30)33-12-2-1-3-13-33/h4-11,14-15,30H,1-3,12-13H2,(H,31,35)(H,32,34). The highest BCUT2D eigenvalue weighted by molar-refractivity contribution is 6.30. The summed E-state index contributed by atoms with van der Waals surface area (Å²) in [4.78, 5) is 27.5.